The number of ether oxygens (including phenoxy) is 2. The van der Waals surface area contributed by atoms with Gasteiger partial charge >= 0.3 is 5.97 Å². The minimum Gasteiger partial charge on any atom is -0.497 e. The number of carboxylic acid groups (broad SMARTS) is 1. The summed E-state index contributed by atoms with van der Waals surface area (Å²) in [6.07, 6.45) is 0.982. The molecule has 26 heavy (non-hydrogen) atoms. The SMILES string of the molecule is COc1cc(OC)cc(C(=O)N2CCC(C(=O)NC(C)C(=O)O)CC2)c1. The topological polar surface area (TPSA) is 105 Å². The smallest absolute Gasteiger partial charge is 0.325 e. The van der Waals surface area contributed by atoms with Crippen LogP contribution in [0, 0.1) is 5.92 Å². The lowest BCUT2D eigenvalue weighted by Gasteiger charge is -2.31. The summed E-state index contributed by atoms with van der Waals surface area (Å²) in [5.74, 6) is -0.733. The zero-order valence-electron chi connectivity index (χ0n) is 15.2. The summed E-state index contributed by atoms with van der Waals surface area (Å²) >= 11 is 0. The molecule has 2 rings (SSSR count). The van der Waals surface area contributed by atoms with Crippen molar-refractivity contribution in [2.45, 2.75) is 25.8 Å². The van der Waals surface area contributed by atoms with Gasteiger partial charge in [-0.1, -0.05) is 0 Å². The molecular weight excluding hydrogens is 340 g/mol. The van der Waals surface area contributed by atoms with E-state index >= 15 is 0 Å². The van der Waals surface area contributed by atoms with Crippen LogP contribution in [-0.4, -0.2) is 61.1 Å². The molecule has 1 atom stereocenters. The summed E-state index contributed by atoms with van der Waals surface area (Å²) in [5, 5.41) is 11.3. The maximum Gasteiger partial charge on any atom is 0.325 e. The quantitative estimate of drug-likeness (QED) is 0.784. The average Bonchev–Trinajstić information content (AvgIpc) is 2.66. The third kappa shape index (κ3) is 4.65. The minimum atomic E-state index is -1.07. The van der Waals surface area contributed by atoms with Crippen molar-refractivity contribution in [2.75, 3.05) is 27.3 Å². The Morgan fingerprint density at radius 1 is 1.12 bits per heavy atom. The summed E-state index contributed by atoms with van der Waals surface area (Å²) in [6.45, 7) is 2.28. The molecule has 0 radical (unpaired) electrons. The van der Waals surface area contributed by atoms with Gasteiger partial charge in [0.25, 0.3) is 5.91 Å². The monoisotopic (exact) mass is 364 g/mol. The number of hydrogen-bond acceptors (Lipinski definition) is 5. The van der Waals surface area contributed by atoms with E-state index in [1.807, 2.05) is 0 Å². The van der Waals surface area contributed by atoms with Crippen LogP contribution in [0.15, 0.2) is 18.2 Å². The van der Waals surface area contributed by atoms with E-state index in [4.69, 9.17) is 14.6 Å². The zero-order valence-corrected chi connectivity index (χ0v) is 15.2. The lowest BCUT2D eigenvalue weighted by Crippen LogP contribution is -2.46. The summed E-state index contributed by atoms with van der Waals surface area (Å²) in [4.78, 5) is 37.3. The number of rotatable bonds is 6. The molecule has 8 heteroatoms. The van der Waals surface area contributed by atoms with Crippen LogP contribution in [0.3, 0.4) is 0 Å². The van der Waals surface area contributed by atoms with Crippen LogP contribution in [0.1, 0.15) is 30.1 Å². The third-order valence-corrected chi connectivity index (χ3v) is 4.48. The fourth-order valence-electron chi connectivity index (χ4n) is 2.85. The second kappa shape index (κ2) is 8.55. The second-order valence-corrected chi connectivity index (χ2v) is 6.24. The number of nitrogens with zero attached hydrogens (tertiary/aromatic N) is 1. The van der Waals surface area contributed by atoms with E-state index < -0.39 is 12.0 Å². The first-order chi connectivity index (χ1) is 12.3. The zero-order chi connectivity index (χ0) is 19.3. The molecule has 2 N–H and O–H groups in total. The van der Waals surface area contributed by atoms with Crippen LogP contribution in [-0.2, 0) is 9.59 Å². The lowest BCUT2D eigenvalue weighted by molar-refractivity contribution is -0.142. The number of piperidine rings is 1. The van der Waals surface area contributed by atoms with E-state index in [1.165, 1.54) is 21.1 Å². The molecule has 0 aromatic heterocycles. The molecule has 0 saturated carbocycles. The first-order valence-corrected chi connectivity index (χ1v) is 8.41. The van der Waals surface area contributed by atoms with Crippen LogP contribution in [0.5, 0.6) is 11.5 Å². The number of carbonyl (C=O) groups excluding carboxylic acids is 2. The van der Waals surface area contributed by atoms with Crippen molar-refractivity contribution in [1.82, 2.24) is 10.2 Å². The number of amides is 2. The fraction of sp³-hybridized carbons (Fsp3) is 0.500. The van der Waals surface area contributed by atoms with Crippen molar-refractivity contribution < 1.29 is 29.0 Å². The molecular formula is C18H24N2O6. The minimum absolute atomic E-state index is 0.153. The molecule has 0 bridgehead atoms. The molecule has 8 nitrogen and oxygen atoms in total. The van der Waals surface area contributed by atoms with Crippen LogP contribution >= 0.6 is 0 Å². The highest BCUT2D eigenvalue weighted by molar-refractivity contribution is 5.95. The predicted octanol–water partition coefficient (Wildman–Crippen LogP) is 1.15. The highest BCUT2D eigenvalue weighted by Crippen LogP contribution is 2.25. The number of nitrogens with one attached hydrogen (secondary N) is 1. The first kappa shape index (κ1) is 19.6. The standard InChI is InChI=1S/C18H24N2O6/c1-11(18(23)24)19-16(21)12-4-6-20(7-5-12)17(22)13-8-14(25-2)10-15(9-13)26-3/h8-12H,4-7H2,1-3H3,(H,19,21)(H,23,24). The fourth-order valence-corrected chi connectivity index (χ4v) is 2.85. The largest absolute Gasteiger partial charge is 0.497 e. The number of hydrogen-bond donors (Lipinski definition) is 2. The van der Waals surface area contributed by atoms with E-state index in [2.05, 4.69) is 5.32 Å². The van der Waals surface area contributed by atoms with Crippen molar-refractivity contribution in [3.8, 4) is 11.5 Å². The number of carbonyl (C=O) groups is 3. The van der Waals surface area contributed by atoms with Crippen LogP contribution in [0.4, 0.5) is 0 Å². The highest BCUT2D eigenvalue weighted by Gasteiger charge is 2.29. The van der Waals surface area contributed by atoms with Gasteiger partial charge in [0.2, 0.25) is 5.91 Å². The van der Waals surface area contributed by atoms with Crippen LogP contribution in [0.2, 0.25) is 0 Å². The third-order valence-electron chi connectivity index (χ3n) is 4.48. The van der Waals surface area contributed by atoms with Crippen molar-refractivity contribution in [1.29, 1.82) is 0 Å². The molecule has 1 aromatic carbocycles. The molecule has 0 aliphatic carbocycles. The highest BCUT2D eigenvalue weighted by atomic mass is 16.5. The van der Waals surface area contributed by atoms with Gasteiger partial charge in [-0.25, -0.2) is 0 Å². The first-order valence-electron chi connectivity index (χ1n) is 8.41. The van der Waals surface area contributed by atoms with Crippen LogP contribution < -0.4 is 14.8 Å². The van der Waals surface area contributed by atoms with Gasteiger partial charge < -0.3 is 24.8 Å². The molecule has 142 valence electrons. The van der Waals surface area contributed by atoms with Crippen LogP contribution in [0.25, 0.3) is 0 Å². The molecule has 0 spiro atoms. The van der Waals surface area contributed by atoms with Gasteiger partial charge in [0.1, 0.15) is 17.5 Å². The normalized spacial score (nSPS) is 15.9. The van der Waals surface area contributed by atoms with Crippen molar-refractivity contribution >= 4 is 17.8 Å². The van der Waals surface area contributed by atoms with E-state index in [9.17, 15) is 14.4 Å². The Balaban J connectivity index is 1.98. The van der Waals surface area contributed by atoms with Gasteiger partial charge in [0, 0.05) is 30.6 Å². The molecule has 1 saturated heterocycles. The van der Waals surface area contributed by atoms with Crippen molar-refractivity contribution in [3.05, 3.63) is 23.8 Å². The Labute approximate surface area is 152 Å². The number of methoxy groups -OCH3 is 2. The number of aliphatic carboxylic acids is 1. The molecule has 1 fully saturated rings. The van der Waals surface area contributed by atoms with Gasteiger partial charge in [-0.2, -0.15) is 0 Å². The molecule has 2 amide bonds. The molecule has 1 unspecified atom stereocenters. The Morgan fingerprint density at radius 2 is 1.65 bits per heavy atom. The average molecular weight is 364 g/mol. The Bertz CT molecular complexity index is 660. The predicted molar refractivity (Wildman–Crippen MR) is 93.4 cm³/mol. The van der Waals surface area contributed by atoms with E-state index in [0.717, 1.165) is 0 Å². The number of likely N-dealkylation sites (tertiary alicyclic amines) is 1. The van der Waals surface area contributed by atoms with Gasteiger partial charge in [0.05, 0.1) is 14.2 Å². The van der Waals surface area contributed by atoms with E-state index in [0.29, 0.717) is 43.0 Å². The molecule has 1 heterocycles. The van der Waals surface area contributed by atoms with Gasteiger partial charge in [-0.15, -0.1) is 0 Å². The maximum atomic E-state index is 12.7. The Morgan fingerprint density at radius 3 is 2.12 bits per heavy atom. The van der Waals surface area contributed by atoms with Gasteiger partial charge in [0.15, 0.2) is 0 Å². The summed E-state index contributed by atoms with van der Waals surface area (Å²) in [5.41, 5.74) is 0.462. The number of carboxylic acids is 1. The number of benzene rings is 1. The molecule has 1 aliphatic heterocycles. The molecule has 1 aromatic rings. The Hall–Kier alpha value is -2.77. The maximum absolute atomic E-state index is 12.7. The van der Waals surface area contributed by atoms with Gasteiger partial charge in [-0.05, 0) is 31.9 Å². The lowest BCUT2D eigenvalue weighted by atomic mass is 9.95. The second-order valence-electron chi connectivity index (χ2n) is 6.24. The van der Waals surface area contributed by atoms with Gasteiger partial charge in [-0.3, -0.25) is 14.4 Å². The summed E-state index contributed by atoms with van der Waals surface area (Å²) < 4.78 is 10.4. The van der Waals surface area contributed by atoms with E-state index in [-0.39, 0.29) is 17.7 Å². The Kier molecular flexibility index (Phi) is 6.43. The summed E-state index contributed by atoms with van der Waals surface area (Å²) in [6, 6.07) is 4.07. The van der Waals surface area contributed by atoms with E-state index in [1.54, 1.807) is 23.1 Å². The summed E-state index contributed by atoms with van der Waals surface area (Å²) in [7, 11) is 3.04. The van der Waals surface area contributed by atoms with Crippen molar-refractivity contribution in [3.63, 3.8) is 0 Å². The molecule has 1 aliphatic rings. The van der Waals surface area contributed by atoms with Crippen molar-refractivity contribution in [2.24, 2.45) is 5.92 Å².